The van der Waals surface area contributed by atoms with Crippen LogP contribution >= 0.6 is 0 Å². The number of carbonyl (C=O) groups excluding carboxylic acids is 1. The molecule has 6 nitrogen and oxygen atoms in total. The number of nitrogens with zero attached hydrogens (tertiary/aromatic N) is 3. The number of rotatable bonds is 6. The molecule has 1 fully saturated rings. The van der Waals surface area contributed by atoms with Gasteiger partial charge in [-0.15, -0.1) is 6.42 Å². The standard InChI is InChI=1S/C24H26FN3O3S/c1-2-13-27(22-12-11-19-7-3-4-8-20(19)22)18-24(29)26-14-16-28(17-15-26)32(30,31)23-10-6-5-9-21(23)25/h1,3-10,22H,11-18H2. The summed E-state index contributed by atoms with van der Waals surface area (Å²) in [5.74, 6) is 1.82. The van der Waals surface area contributed by atoms with Gasteiger partial charge in [0, 0.05) is 32.2 Å². The highest BCUT2D eigenvalue weighted by Gasteiger charge is 2.33. The maximum atomic E-state index is 14.0. The van der Waals surface area contributed by atoms with Crippen molar-refractivity contribution >= 4 is 15.9 Å². The van der Waals surface area contributed by atoms with Crippen LogP contribution in [0.4, 0.5) is 4.39 Å². The second-order valence-electron chi connectivity index (χ2n) is 8.08. The number of terminal acetylenes is 1. The summed E-state index contributed by atoms with van der Waals surface area (Å²) < 4.78 is 40.8. The van der Waals surface area contributed by atoms with Gasteiger partial charge in [0.15, 0.2) is 0 Å². The van der Waals surface area contributed by atoms with Crippen LogP contribution in [0.3, 0.4) is 0 Å². The molecule has 0 bridgehead atoms. The fourth-order valence-corrected chi connectivity index (χ4v) is 6.04. The zero-order valence-corrected chi connectivity index (χ0v) is 18.6. The number of piperazine rings is 1. The van der Waals surface area contributed by atoms with E-state index in [2.05, 4.69) is 18.1 Å². The monoisotopic (exact) mass is 455 g/mol. The minimum Gasteiger partial charge on any atom is -0.339 e. The Bertz CT molecular complexity index is 1140. The fraction of sp³-hybridized carbons (Fsp3) is 0.375. The van der Waals surface area contributed by atoms with Gasteiger partial charge in [-0.2, -0.15) is 4.31 Å². The molecule has 1 aliphatic carbocycles. The lowest BCUT2D eigenvalue weighted by molar-refractivity contribution is -0.134. The molecular formula is C24H26FN3O3S. The van der Waals surface area contributed by atoms with E-state index in [0.29, 0.717) is 6.54 Å². The quantitative estimate of drug-likeness (QED) is 0.627. The number of sulfonamides is 1. The topological polar surface area (TPSA) is 60.9 Å². The predicted octanol–water partition coefficient (Wildman–Crippen LogP) is 2.28. The van der Waals surface area contributed by atoms with Crippen molar-refractivity contribution in [2.24, 2.45) is 0 Å². The van der Waals surface area contributed by atoms with Crippen molar-refractivity contribution in [3.63, 3.8) is 0 Å². The first-order valence-electron chi connectivity index (χ1n) is 10.7. The second kappa shape index (κ2) is 9.41. The van der Waals surface area contributed by atoms with Gasteiger partial charge in [-0.1, -0.05) is 42.3 Å². The second-order valence-corrected chi connectivity index (χ2v) is 9.98. The molecule has 2 aliphatic rings. The SMILES string of the molecule is C#CCN(CC(=O)N1CCN(S(=O)(=O)c2ccccc2F)CC1)C1CCc2ccccc21. The summed E-state index contributed by atoms with van der Waals surface area (Å²) in [6.45, 7) is 1.33. The van der Waals surface area contributed by atoms with Crippen molar-refractivity contribution in [3.8, 4) is 12.3 Å². The summed E-state index contributed by atoms with van der Waals surface area (Å²) in [5, 5.41) is 0. The Morgan fingerprint density at radius 2 is 1.78 bits per heavy atom. The van der Waals surface area contributed by atoms with Crippen molar-refractivity contribution < 1.29 is 17.6 Å². The zero-order valence-electron chi connectivity index (χ0n) is 17.8. The summed E-state index contributed by atoms with van der Waals surface area (Å²) in [5.41, 5.74) is 2.51. The maximum absolute atomic E-state index is 14.0. The molecule has 2 aromatic rings. The van der Waals surface area contributed by atoms with Gasteiger partial charge in [0.2, 0.25) is 15.9 Å². The van der Waals surface area contributed by atoms with Gasteiger partial charge >= 0.3 is 0 Å². The van der Waals surface area contributed by atoms with Gasteiger partial charge in [0.25, 0.3) is 0 Å². The summed E-state index contributed by atoms with van der Waals surface area (Å²) in [7, 11) is -3.94. The predicted molar refractivity (Wildman–Crippen MR) is 120 cm³/mol. The van der Waals surface area contributed by atoms with Crippen molar-refractivity contribution in [2.75, 3.05) is 39.3 Å². The lowest BCUT2D eigenvalue weighted by Gasteiger charge is -2.36. The Kier molecular flexibility index (Phi) is 6.60. The van der Waals surface area contributed by atoms with Crippen LogP contribution in [0.15, 0.2) is 53.4 Å². The number of aryl methyl sites for hydroxylation is 1. The average Bonchev–Trinajstić information content (AvgIpc) is 3.23. The average molecular weight is 456 g/mol. The fourth-order valence-electron chi connectivity index (χ4n) is 4.55. The van der Waals surface area contributed by atoms with Gasteiger partial charge < -0.3 is 4.90 Å². The van der Waals surface area contributed by atoms with E-state index in [1.807, 2.05) is 17.0 Å². The highest BCUT2D eigenvalue weighted by atomic mass is 32.2. The summed E-state index contributed by atoms with van der Waals surface area (Å²) in [6, 6.07) is 13.7. The molecule has 1 unspecified atom stereocenters. The Labute approximate surface area is 188 Å². The molecule has 8 heteroatoms. The highest BCUT2D eigenvalue weighted by Crippen LogP contribution is 2.35. The first kappa shape index (κ1) is 22.5. The van der Waals surface area contributed by atoms with E-state index in [1.54, 1.807) is 4.90 Å². The molecule has 0 aromatic heterocycles. The van der Waals surface area contributed by atoms with E-state index in [9.17, 15) is 17.6 Å². The lowest BCUT2D eigenvalue weighted by atomic mass is 10.1. The van der Waals surface area contributed by atoms with Crippen LogP contribution in [-0.2, 0) is 21.2 Å². The van der Waals surface area contributed by atoms with Gasteiger partial charge in [-0.25, -0.2) is 12.8 Å². The van der Waals surface area contributed by atoms with Crippen LogP contribution in [0.25, 0.3) is 0 Å². The van der Waals surface area contributed by atoms with Crippen molar-refractivity contribution in [1.82, 2.24) is 14.1 Å². The number of benzene rings is 2. The molecule has 1 heterocycles. The molecule has 0 saturated carbocycles. The van der Waals surface area contributed by atoms with E-state index in [1.165, 1.54) is 33.6 Å². The Hall–Kier alpha value is -2.73. The van der Waals surface area contributed by atoms with Gasteiger partial charge in [-0.05, 0) is 36.1 Å². The summed E-state index contributed by atoms with van der Waals surface area (Å²) in [4.78, 5) is 16.4. The molecule has 168 valence electrons. The molecule has 4 rings (SSSR count). The summed E-state index contributed by atoms with van der Waals surface area (Å²) >= 11 is 0. The number of carbonyl (C=O) groups is 1. The Morgan fingerprint density at radius 1 is 1.09 bits per heavy atom. The van der Waals surface area contributed by atoms with Crippen LogP contribution < -0.4 is 0 Å². The number of hydrogen-bond acceptors (Lipinski definition) is 4. The van der Waals surface area contributed by atoms with Crippen molar-refractivity contribution in [1.29, 1.82) is 0 Å². The van der Waals surface area contributed by atoms with Gasteiger partial charge in [0.05, 0.1) is 13.1 Å². The molecule has 2 aromatic carbocycles. The van der Waals surface area contributed by atoms with E-state index in [4.69, 9.17) is 6.42 Å². The third kappa shape index (κ3) is 4.42. The van der Waals surface area contributed by atoms with E-state index in [0.717, 1.165) is 18.9 Å². The maximum Gasteiger partial charge on any atom is 0.246 e. The number of amides is 1. The van der Waals surface area contributed by atoms with E-state index in [-0.39, 0.29) is 49.6 Å². The number of fused-ring (bicyclic) bond motifs is 1. The highest BCUT2D eigenvalue weighted by molar-refractivity contribution is 7.89. The van der Waals surface area contributed by atoms with Crippen molar-refractivity contribution in [3.05, 3.63) is 65.5 Å². The first-order chi connectivity index (χ1) is 15.4. The van der Waals surface area contributed by atoms with Crippen LogP contribution in [0.5, 0.6) is 0 Å². The van der Waals surface area contributed by atoms with Gasteiger partial charge in [-0.3, -0.25) is 9.69 Å². The molecule has 0 spiro atoms. The summed E-state index contributed by atoms with van der Waals surface area (Å²) in [6.07, 6.45) is 7.46. The van der Waals surface area contributed by atoms with Gasteiger partial charge in [0.1, 0.15) is 10.7 Å². The normalized spacial score (nSPS) is 19.0. The van der Waals surface area contributed by atoms with Crippen LogP contribution in [0, 0.1) is 18.2 Å². The molecule has 1 atom stereocenters. The van der Waals surface area contributed by atoms with Crippen LogP contribution in [-0.4, -0.2) is 67.7 Å². The molecule has 1 aliphatic heterocycles. The van der Waals surface area contributed by atoms with E-state index < -0.39 is 15.8 Å². The van der Waals surface area contributed by atoms with E-state index >= 15 is 0 Å². The molecule has 0 radical (unpaired) electrons. The number of hydrogen-bond donors (Lipinski definition) is 0. The van der Waals surface area contributed by atoms with Crippen molar-refractivity contribution in [2.45, 2.75) is 23.8 Å². The smallest absolute Gasteiger partial charge is 0.246 e. The largest absolute Gasteiger partial charge is 0.339 e. The third-order valence-electron chi connectivity index (χ3n) is 6.22. The third-order valence-corrected chi connectivity index (χ3v) is 8.15. The minimum absolute atomic E-state index is 0.0763. The Balaban J connectivity index is 1.40. The molecule has 32 heavy (non-hydrogen) atoms. The Morgan fingerprint density at radius 3 is 2.50 bits per heavy atom. The first-order valence-corrected chi connectivity index (χ1v) is 12.1. The van der Waals surface area contributed by atoms with Crippen LogP contribution in [0.2, 0.25) is 0 Å². The molecule has 1 amide bonds. The molecular weight excluding hydrogens is 429 g/mol. The zero-order chi connectivity index (χ0) is 22.7. The molecule has 1 saturated heterocycles. The minimum atomic E-state index is -3.94. The lowest BCUT2D eigenvalue weighted by Crippen LogP contribution is -2.52. The van der Waals surface area contributed by atoms with Crippen LogP contribution in [0.1, 0.15) is 23.6 Å². The molecule has 0 N–H and O–H groups in total. The number of halogens is 1.